The van der Waals surface area contributed by atoms with E-state index in [9.17, 15) is 13.2 Å². The highest BCUT2D eigenvalue weighted by Crippen LogP contribution is 2.18. The molecule has 1 aromatic rings. The molecule has 0 bridgehead atoms. The molecular weight excluding hydrogens is 288 g/mol. The van der Waals surface area contributed by atoms with Gasteiger partial charge in [-0.15, -0.1) is 0 Å². The number of hydrogen-bond acceptors (Lipinski definition) is 4. The molecule has 1 amide bonds. The summed E-state index contributed by atoms with van der Waals surface area (Å²) in [6.45, 7) is 6.10. The number of amides is 1. The molecule has 1 fully saturated rings. The van der Waals surface area contributed by atoms with Crippen LogP contribution in [0.2, 0.25) is 0 Å². The summed E-state index contributed by atoms with van der Waals surface area (Å²) in [5, 5.41) is -0.956. The van der Waals surface area contributed by atoms with Gasteiger partial charge in [-0.25, -0.2) is 8.42 Å². The van der Waals surface area contributed by atoms with Crippen LogP contribution in [0.5, 0.6) is 0 Å². The van der Waals surface area contributed by atoms with E-state index in [1.54, 1.807) is 4.90 Å². The molecule has 1 saturated heterocycles. The zero-order valence-electron chi connectivity index (χ0n) is 12.7. The van der Waals surface area contributed by atoms with Crippen LogP contribution in [0.1, 0.15) is 12.5 Å². The number of hydrogen-bond donors (Lipinski definition) is 0. The number of aryl methyl sites for hydroxylation is 1. The van der Waals surface area contributed by atoms with Crippen LogP contribution in [0, 0.1) is 6.92 Å². The Morgan fingerprint density at radius 3 is 2.33 bits per heavy atom. The van der Waals surface area contributed by atoms with Gasteiger partial charge in [-0.05, 0) is 31.5 Å². The van der Waals surface area contributed by atoms with Crippen molar-refractivity contribution in [1.29, 1.82) is 0 Å². The summed E-state index contributed by atoms with van der Waals surface area (Å²) < 4.78 is 23.0. The van der Waals surface area contributed by atoms with Crippen LogP contribution in [0.4, 0.5) is 5.69 Å². The molecule has 0 N–H and O–H groups in total. The second-order valence-corrected chi connectivity index (χ2v) is 7.99. The van der Waals surface area contributed by atoms with Gasteiger partial charge in [0.1, 0.15) is 5.25 Å². The van der Waals surface area contributed by atoms with Crippen molar-refractivity contribution in [3.63, 3.8) is 0 Å². The molecule has 116 valence electrons. The van der Waals surface area contributed by atoms with E-state index in [2.05, 4.69) is 30.0 Å². The fraction of sp³-hybridized carbons (Fsp3) is 0.533. The maximum atomic E-state index is 12.2. The summed E-state index contributed by atoms with van der Waals surface area (Å²) in [6.07, 6.45) is 1.11. The molecule has 1 aliphatic rings. The van der Waals surface area contributed by atoms with Crippen molar-refractivity contribution in [2.45, 2.75) is 19.1 Å². The predicted octanol–water partition coefficient (Wildman–Crippen LogP) is 1.08. The smallest absolute Gasteiger partial charge is 0.240 e. The summed E-state index contributed by atoms with van der Waals surface area (Å²) >= 11 is 0. The Labute approximate surface area is 126 Å². The Hall–Kier alpha value is -1.56. The van der Waals surface area contributed by atoms with Crippen molar-refractivity contribution in [1.82, 2.24) is 4.90 Å². The Morgan fingerprint density at radius 2 is 1.81 bits per heavy atom. The highest BCUT2D eigenvalue weighted by atomic mass is 32.2. The van der Waals surface area contributed by atoms with Crippen LogP contribution >= 0.6 is 0 Å². The van der Waals surface area contributed by atoms with Gasteiger partial charge in [0, 0.05) is 38.1 Å². The van der Waals surface area contributed by atoms with Crippen LogP contribution < -0.4 is 4.90 Å². The van der Waals surface area contributed by atoms with E-state index in [1.165, 1.54) is 12.5 Å². The lowest BCUT2D eigenvalue weighted by molar-refractivity contribution is -0.130. The third-order valence-corrected chi connectivity index (χ3v) is 5.43. The van der Waals surface area contributed by atoms with Crippen LogP contribution in [-0.2, 0) is 14.6 Å². The Balaban J connectivity index is 1.99. The van der Waals surface area contributed by atoms with E-state index < -0.39 is 15.1 Å². The van der Waals surface area contributed by atoms with Crippen molar-refractivity contribution in [3.05, 3.63) is 29.8 Å². The van der Waals surface area contributed by atoms with Crippen molar-refractivity contribution in [2.24, 2.45) is 0 Å². The number of carbonyl (C=O) groups is 1. The first kappa shape index (κ1) is 15.8. The van der Waals surface area contributed by atoms with Crippen molar-refractivity contribution in [2.75, 3.05) is 37.3 Å². The lowest BCUT2D eigenvalue weighted by atomic mass is 10.2. The van der Waals surface area contributed by atoms with Gasteiger partial charge in [0.25, 0.3) is 0 Å². The van der Waals surface area contributed by atoms with E-state index in [0.29, 0.717) is 13.1 Å². The zero-order chi connectivity index (χ0) is 15.6. The zero-order valence-corrected chi connectivity index (χ0v) is 13.6. The summed E-state index contributed by atoms with van der Waals surface area (Å²) in [5.41, 5.74) is 2.36. The third kappa shape index (κ3) is 3.75. The number of nitrogens with zero attached hydrogens (tertiary/aromatic N) is 2. The monoisotopic (exact) mass is 310 g/mol. The van der Waals surface area contributed by atoms with Gasteiger partial charge >= 0.3 is 0 Å². The first-order valence-electron chi connectivity index (χ1n) is 7.08. The predicted molar refractivity (Wildman–Crippen MR) is 84.3 cm³/mol. The van der Waals surface area contributed by atoms with E-state index >= 15 is 0 Å². The van der Waals surface area contributed by atoms with Crippen LogP contribution in [0.3, 0.4) is 0 Å². The van der Waals surface area contributed by atoms with Gasteiger partial charge < -0.3 is 9.80 Å². The molecule has 5 nitrogen and oxygen atoms in total. The Morgan fingerprint density at radius 1 is 1.19 bits per heavy atom. The average Bonchev–Trinajstić information content (AvgIpc) is 2.45. The average molecular weight is 310 g/mol. The molecule has 21 heavy (non-hydrogen) atoms. The second kappa shape index (κ2) is 6.05. The lowest BCUT2D eigenvalue weighted by Crippen LogP contribution is -2.52. The topological polar surface area (TPSA) is 57.7 Å². The number of benzene rings is 1. The van der Waals surface area contributed by atoms with Crippen molar-refractivity contribution >= 4 is 21.4 Å². The van der Waals surface area contributed by atoms with E-state index in [0.717, 1.165) is 25.0 Å². The second-order valence-electron chi connectivity index (χ2n) is 5.62. The number of carbonyl (C=O) groups excluding carboxylic acids is 1. The fourth-order valence-corrected chi connectivity index (χ4v) is 2.97. The first-order chi connectivity index (χ1) is 9.79. The normalized spacial score (nSPS) is 17.7. The van der Waals surface area contributed by atoms with Crippen LogP contribution in [-0.4, -0.2) is 56.9 Å². The number of anilines is 1. The largest absolute Gasteiger partial charge is 0.368 e. The molecule has 0 radical (unpaired) electrons. The standard InChI is InChI=1S/C15H22N2O3S/c1-12-5-4-6-14(11-12)16-7-9-17(10-8-16)15(18)13(2)21(3,19)20/h4-6,11,13H,7-10H2,1-3H3/t13-/m0/s1. The maximum Gasteiger partial charge on any atom is 0.240 e. The third-order valence-electron chi connectivity index (χ3n) is 3.95. The highest BCUT2D eigenvalue weighted by Gasteiger charge is 2.30. The van der Waals surface area contributed by atoms with E-state index in [4.69, 9.17) is 0 Å². The summed E-state index contributed by atoms with van der Waals surface area (Å²) in [4.78, 5) is 16.0. The minimum absolute atomic E-state index is 0.290. The molecule has 1 heterocycles. The summed E-state index contributed by atoms with van der Waals surface area (Å²) in [5.74, 6) is -0.290. The molecule has 1 aromatic carbocycles. The number of sulfone groups is 1. The summed E-state index contributed by atoms with van der Waals surface area (Å²) in [6, 6.07) is 8.26. The molecule has 2 rings (SSSR count). The molecule has 6 heteroatoms. The maximum absolute atomic E-state index is 12.2. The summed E-state index contributed by atoms with van der Waals surface area (Å²) in [7, 11) is -3.33. The molecule has 0 unspecified atom stereocenters. The van der Waals surface area contributed by atoms with Gasteiger partial charge in [-0.1, -0.05) is 12.1 Å². The SMILES string of the molecule is Cc1cccc(N2CCN(C(=O)[C@H](C)S(C)(=O)=O)CC2)c1. The molecule has 0 saturated carbocycles. The molecule has 0 aromatic heterocycles. The minimum Gasteiger partial charge on any atom is -0.368 e. The van der Waals surface area contributed by atoms with Crippen LogP contribution in [0.25, 0.3) is 0 Å². The quantitative estimate of drug-likeness (QED) is 0.838. The first-order valence-corrected chi connectivity index (χ1v) is 9.04. The highest BCUT2D eigenvalue weighted by molar-refractivity contribution is 7.92. The Kier molecular flexibility index (Phi) is 4.56. The molecular formula is C15H22N2O3S. The number of piperazine rings is 1. The van der Waals surface area contributed by atoms with Gasteiger partial charge in [0.15, 0.2) is 9.84 Å². The van der Waals surface area contributed by atoms with E-state index in [-0.39, 0.29) is 5.91 Å². The van der Waals surface area contributed by atoms with E-state index in [1.807, 2.05) is 6.07 Å². The van der Waals surface area contributed by atoms with Gasteiger partial charge in [0.2, 0.25) is 5.91 Å². The van der Waals surface area contributed by atoms with Crippen molar-refractivity contribution in [3.8, 4) is 0 Å². The lowest BCUT2D eigenvalue weighted by Gasteiger charge is -2.37. The number of rotatable bonds is 3. The molecule has 1 atom stereocenters. The fourth-order valence-electron chi connectivity index (χ4n) is 2.45. The molecule has 0 spiro atoms. The Bertz CT molecular complexity index is 620. The van der Waals surface area contributed by atoms with Gasteiger partial charge in [0.05, 0.1) is 0 Å². The van der Waals surface area contributed by atoms with Gasteiger partial charge in [-0.2, -0.15) is 0 Å². The van der Waals surface area contributed by atoms with Gasteiger partial charge in [-0.3, -0.25) is 4.79 Å². The minimum atomic E-state index is -3.33. The molecule has 1 aliphatic heterocycles. The van der Waals surface area contributed by atoms with Crippen LogP contribution in [0.15, 0.2) is 24.3 Å². The van der Waals surface area contributed by atoms with Crippen molar-refractivity contribution < 1.29 is 13.2 Å². The molecule has 0 aliphatic carbocycles.